The molecule has 1 aromatic carbocycles. The monoisotopic (exact) mass is 239 g/mol. The Labute approximate surface area is 104 Å². The third kappa shape index (κ3) is 1.46. The first-order chi connectivity index (χ1) is 8.83. The summed E-state index contributed by atoms with van der Waals surface area (Å²) in [6.07, 6.45) is 3.49. The number of nitrogens with zero attached hydrogens (tertiary/aromatic N) is 3. The van der Waals surface area contributed by atoms with Crippen molar-refractivity contribution in [3.8, 4) is 5.69 Å². The largest absolute Gasteiger partial charge is 0.274 e. The number of rotatable bonds is 2. The predicted molar refractivity (Wildman–Crippen MR) is 71.0 cm³/mol. The van der Waals surface area contributed by atoms with Gasteiger partial charge in [-0.1, -0.05) is 12.1 Å². The molecule has 0 spiro atoms. The number of hydrogen-bond donors (Lipinski definition) is 0. The van der Waals surface area contributed by atoms with Crippen LogP contribution in [0.15, 0.2) is 53.6 Å². The smallest absolute Gasteiger partial charge is 0.267 e. The van der Waals surface area contributed by atoms with Gasteiger partial charge in [-0.3, -0.25) is 9.78 Å². The van der Waals surface area contributed by atoms with Crippen molar-refractivity contribution < 1.29 is 0 Å². The van der Waals surface area contributed by atoms with Gasteiger partial charge in [0.15, 0.2) is 0 Å². The normalized spacial score (nSPS) is 10.9. The third-order valence-electron chi connectivity index (χ3n) is 3.03. The molecule has 4 nitrogen and oxygen atoms in total. The van der Waals surface area contributed by atoms with Crippen LogP contribution in [0.3, 0.4) is 0 Å². The van der Waals surface area contributed by atoms with Crippen molar-refractivity contribution >= 4 is 10.9 Å². The van der Waals surface area contributed by atoms with Gasteiger partial charge in [-0.2, -0.15) is 0 Å². The van der Waals surface area contributed by atoms with Crippen LogP contribution in [0.25, 0.3) is 16.6 Å². The summed E-state index contributed by atoms with van der Waals surface area (Å²) in [6, 6.07) is 11.5. The van der Waals surface area contributed by atoms with E-state index in [0.717, 1.165) is 16.6 Å². The minimum Gasteiger partial charge on any atom is -0.267 e. The first kappa shape index (κ1) is 10.8. The average molecular weight is 239 g/mol. The van der Waals surface area contributed by atoms with E-state index in [1.54, 1.807) is 17.1 Å². The van der Waals surface area contributed by atoms with E-state index in [9.17, 15) is 4.79 Å². The quantitative estimate of drug-likeness (QED) is 0.687. The number of benzene rings is 1. The highest BCUT2D eigenvalue weighted by atomic mass is 16.1. The standard InChI is InChI=1S/C14H13N3O/c1-2-16-14(18)12-7-3-4-8-13(12)17(16)11-6-5-9-15-10-11/h3-10H,2H2,1H3. The summed E-state index contributed by atoms with van der Waals surface area (Å²) in [4.78, 5) is 16.4. The number of para-hydroxylation sites is 1. The molecular weight excluding hydrogens is 226 g/mol. The summed E-state index contributed by atoms with van der Waals surface area (Å²) >= 11 is 0. The lowest BCUT2D eigenvalue weighted by molar-refractivity contribution is 0.577. The molecule has 0 aliphatic heterocycles. The summed E-state index contributed by atoms with van der Waals surface area (Å²) in [5.74, 6) is 0. The van der Waals surface area contributed by atoms with Crippen LogP contribution < -0.4 is 5.56 Å². The van der Waals surface area contributed by atoms with E-state index in [-0.39, 0.29) is 5.56 Å². The molecule has 2 heterocycles. The van der Waals surface area contributed by atoms with Gasteiger partial charge in [0.2, 0.25) is 0 Å². The first-order valence-corrected chi connectivity index (χ1v) is 5.94. The highest BCUT2D eigenvalue weighted by Crippen LogP contribution is 2.16. The summed E-state index contributed by atoms with van der Waals surface area (Å²) in [6.45, 7) is 2.59. The van der Waals surface area contributed by atoms with Gasteiger partial charge < -0.3 is 0 Å². The Morgan fingerprint density at radius 3 is 2.72 bits per heavy atom. The zero-order valence-electron chi connectivity index (χ0n) is 10.1. The van der Waals surface area contributed by atoms with E-state index in [1.807, 2.05) is 48.0 Å². The predicted octanol–water partition coefficient (Wildman–Crippen LogP) is 2.21. The first-order valence-electron chi connectivity index (χ1n) is 5.94. The Hall–Kier alpha value is -2.36. The van der Waals surface area contributed by atoms with Crippen molar-refractivity contribution in [3.05, 3.63) is 59.1 Å². The zero-order chi connectivity index (χ0) is 12.5. The summed E-state index contributed by atoms with van der Waals surface area (Å²) in [5, 5.41) is 0.739. The lowest BCUT2D eigenvalue weighted by Crippen LogP contribution is -2.21. The summed E-state index contributed by atoms with van der Waals surface area (Å²) in [5.41, 5.74) is 1.85. The van der Waals surface area contributed by atoms with Gasteiger partial charge in [0, 0.05) is 12.7 Å². The van der Waals surface area contributed by atoms with Crippen LogP contribution in [-0.4, -0.2) is 14.3 Å². The maximum absolute atomic E-state index is 12.3. The Kier molecular flexibility index (Phi) is 2.48. The Morgan fingerprint density at radius 2 is 2.00 bits per heavy atom. The van der Waals surface area contributed by atoms with Crippen LogP contribution >= 0.6 is 0 Å². The second-order valence-electron chi connectivity index (χ2n) is 4.06. The van der Waals surface area contributed by atoms with Gasteiger partial charge in [-0.25, -0.2) is 9.36 Å². The molecule has 2 aromatic heterocycles. The van der Waals surface area contributed by atoms with Crippen molar-refractivity contribution in [2.75, 3.05) is 0 Å². The molecule has 4 heteroatoms. The molecule has 3 aromatic rings. The molecule has 0 bridgehead atoms. The molecule has 0 fully saturated rings. The van der Waals surface area contributed by atoms with E-state index in [1.165, 1.54) is 0 Å². The molecule has 0 unspecified atom stereocenters. The number of aromatic nitrogens is 3. The molecule has 0 saturated carbocycles. The molecule has 0 saturated heterocycles. The van der Waals surface area contributed by atoms with Gasteiger partial charge in [-0.15, -0.1) is 0 Å². The molecular formula is C14H13N3O. The average Bonchev–Trinajstić information content (AvgIpc) is 2.73. The van der Waals surface area contributed by atoms with Crippen molar-refractivity contribution in [1.29, 1.82) is 0 Å². The van der Waals surface area contributed by atoms with Crippen molar-refractivity contribution in [2.24, 2.45) is 0 Å². The SMILES string of the molecule is CCn1c(=O)c2ccccc2n1-c1cccnc1. The fourth-order valence-electron chi connectivity index (χ4n) is 2.24. The molecule has 3 rings (SSSR count). The van der Waals surface area contributed by atoms with Crippen LogP contribution in [0, 0.1) is 0 Å². The maximum Gasteiger partial charge on any atom is 0.274 e. The van der Waals surface area contributed by atoms with E-state index >= 15 is 0 Å². The van der Waals surface area contributed by atoms with Crippen LogP contribution in [0.2, 0.25) is 0 Å². The molecule has 18 heavy (non-hydrogen) atoms. The molecule has 0 aliphatic rings. The van der Waals surface area contributed by atoms with E-state index in [2.05, 4.69) is 4.98 Å². The minimum atomic E-state index is 0.0388. The lowest BCUT2D eigenvalue weighted by Gasteiger charge is -2.10. The van der Waals surface area contributed by atoms with Crippen LogP contribution in [0.1, 0.15) is 6.92 Å². The molecule has 0 amide bonds. The topological polar surface area (TPSA) is 39.8 Å². The highest BCUT2D eigenvalue weighted by molar-refractivity contribution is 5.80. The number of pyridine rings is 1. The molecule has 0 N–H and O–H groups in total. The van der Waals surface area contributed by atoms with Crippen molar-refractivity contribution in [3.63, 3.8) is 0 Å². The van der Waals surface area contributed by atoms with Gasteiger partial charge in [0.1, 0.15) is 0 Å². The van der Waals surface area contributed by atoms with Crippen molar-refractivity contribution in [1.82, 2.24) is 14.3 Å². The van der Waals surface area contributed by atoms with Gasteiger partial charge in [0.05, 0.1) is 22.8 Å². The van der Waals surface area contributed by atoms with E-state index in [4.69, 9.17) is 0 Å². The maximum atomic E-state index is 12.3. The van der Waals surface area contributed by atoms with Gasteiger partial charge in [-0.05, 0) is 31.2 Å². The van der Waals surface area contributed by atoms with E-state index in [0.29, 0.717) is 6.54 Å². The third-order valence-corrected chi connectivity index (χ3v) is 3.03. The summed E-state index contributed by atoms with van der Waals surface area (Å²) in [7, 11) is 0. The molecule has 90 valence electrons. The van der Waals surface area contributed by atoms with Gasteiger partial charge in [0.25, 0.3) is 5.56 Å². The second kappa shape index (κ2) is 4.14. The van der Waals surface area contributed by atoms with Crippen LogP contribution in [0.4, 0.5) is 0 Å². The Bertz CT molecular complexity index is 741. The van der Waals surface area contributed by atoms with Crippen LogP contribution in [0.5, 0.6) is 0 Å². The zero-order valence-corrected chi connectivity index (χ0v) is 10.1. The van der Waals surface area contributed by atoms with Crippen LogP contribution in [-0.2, 0) is 6.54 Å². The fourth-order valence-corrected chi connectivity index (χ4v) is 2.24. The summed E-state index contributed by atoms with van der Waals surface area (Å²) < 4.78 is 3.65. The van der Waals surface area contributed by atoms with E-state index < -0.39 is 0 Å². The molecule has 0 radical (unpaired) electrons. The minimum absolute atomic E-state index is 0.0388. The van der Waals surface area contributed by atoms with Gasteiger partial charge >= 0.3 is 0 Å². The Morgan fingerprint density at radius 1 is 1.17 bits per heavy atom. The molecule has 0 atom stereocenters. The number of fused-ring (bicyclic) bond motifs is 1. The highest BCUT2D eigenvalue weighted by Gasteiger charge is 2.12. The fraction of sp³-hybridized carbons (Fsp3) is 0.143. The lowest BCUT2D eigenvalue weighted by atomic mass is 10.2. The number of hydrogen-bond acceptors (Lipinski definition) is 2. The van der Waals surface area contributed by atoms with Crippen molar-refractivity contribution in [2.45, 2.75) is 13.5 Å². The second-order valence-corrected chi connectivity index (χ2v) is 4.06. The molecule has 0 aliphatic carbocycles. The Balaban J connectivity index is 2.45.